The summed E-state index contributed by atoms with van der Waals surface area (Å²) < 4.78 is 7.52. The molecule has 1 atom stereocenters. The predicted octanol–water partition coefficient (Wildman–Crippen LogP) is 14.0. The van der Waals surface area contributed by atoms with E-state index in [1.54, 1.807) is 5.56 Å². The zero-order valence-electron chi connectivity index (χ0n) is 39.2. The van der Waals surface area contributed by atoms with Crippen molar-refractivity contribution in [1.29, 1.82) is 0 Å². The van der Waals surface area contributed by atoms with Gasteiger partial charge >= 0.3 is 0 Å². The number of hydrogen-bond donors (Lipinski definition) is 0. The number of anilines is 6. The van der Waals surface area contributed by atoms with E-state index < -0.39 is 0 Å². The number of furan rings is 1. The summed E-state index contributed by atoms with van der Waals surface area (Å²) in [5.41, 5.74) is 24.5. The molecule has 0 amide bonds. The highest BCUT2D eigenvalue weighted by Gasteiger charge is 2.50. The molecular formula is C57H65BN2O. The van der Waals surface area contributed by atoms with E-state index in [4.69, 9.17) is 4.42 Å². The van der Waals surface area contributed by atoms with Crippen molar-refractivity contribution in [2.75, 3.05) is 9.80 Å². The Kier molecular flexibility index (Phi) is 8.02. The number of para-hydroxylation sites is 1. The zero-order valence-corrected chi connectivity index (χ0v) is 39.2. The summed E-state index contributed by atoms with van der Waals surface area (Å²) in [6.07, 6.45) is 7.14. The summed E-state index contributed by atoms with van der Waals surface area (Å²) >= 11 is 0. The smallest absolute Gasteiger partial charge is 0.297 e. The third-order valence-electron chi connectivity index (χ3n) is 16.9. The van der Waals surface area contributed by atoms with Gasteiger partial charge in [0.25, 0.3) is 6.71 Å². The second-order valence-corrected chi connectivity index (χ2v) is 23.3. The summed E-state index contributed by atoms with van der Waals surface area (Å²) in [6, 6.07) is 31.0. The molecule has 0 spiro atoms. The summed E-state index contributed by atoms with van der Waals surface area (Å²) in [5.74, 6) is 0.503. The topological polar surface area (TPSA) is 19.6 Å². The van der Waals surface area contributed by atoms with Crippen molar-refractivity contribution in [3.05, 3.63) is 123 Å². The summed E-state index contributed by atoms with van der Waals surface area (Å²) in [4.78, 5) is 5.26. The fourth-order valence-electron chi connectivity index (χ4n) is 13.1. The van der Waals surface area contributed by atoms with Gasteiger partial charge in [-0.15, -0.1) is 0 Å². The normalized spacial score (nSPS) is 21.9. The van der Waals surface area contributed by atoms with Crippen LogP contribution in [-0.2, 0) is 27.1 Å². The minimum Gasteiger partial charge on any atom is -0.468 e. The van der Waals surface area contributed by atoms with Gasteiger partial charge in [-0.2, -0.15) is 0 Å². The molecule has 312 valence electrons. The van der Waals surface area contributed by atoms with Crippen LogP contribution in [0.15, 0.2) is 83.3 Å². The number of nitrogens with zero attached hydrogens (tertiary/aromatic N) is 2. The average Bonchev–Trinajstić information content (AvgIpc) is 3.58. The third kappa shape index (κ3) is 5.35. The van der Waals surface area contributed by atoms with Crippen molar-refractivity contribution in [1.82, 2.24) is 0 Å². The Balaban J connectivity index is 1.28. The first-order valence-corrected chi connectivity index (χ1v) is 23.4. The van der Waals surface area contributed by atoms with E-state index in [0.717, 1.165) is 11.2 Å². The van der Waals surface area contributed by atoms with Crippen LogP contribution < -0.4 is 26.4 Å². The molecule has 0 radical (unpaired) electrons. The number of aryl methyl sites for hydroxylation is 1. The SMILES string of the molecule is Cc1cc2c(c(C)c1N1c3cc4c(cc3B3c5oc6cc7c(cc6c5N(c5ccccc5)c5cccc1c53)C(C)(C)CC[C@@H]7C)C(C)(C)CCC4(C)C)C(C)(C)CCC2(C)C. The van der Waals surface area contributed by atoms with Crippen molar-refractivity contribution < 1.29 is 4.42 Å². The van der Waals surface area contributed by atoms with Gasteiger partial charge < -0.3 is 14.2 Å². The van der Waals surface area contributed by atoms with Crippen LogP contribution in [0.5, 0.6) is 0 Å². The van der Waals surface area contributed by atoms with E-state index in [1.807, 2.05) is 0 Å². The quantitative estimate of drug-likeness (QED) is 0.162. The van der Waals surface area contributed by atoms with Crippen LogP contribution in [0.25, 0.3) is 11.0 Å². The Morgan fingerprint density at radius 3 is 1.87 bits per heavy atom. The lowest BCUT2D eigenvalue weighted by molar-refractivity contribution is 0.330. The first kappa shape index (κ1) is 39.2. The van der Waals surface area contributed by atoms with Crippen LogP contribution in [0, 0.1) is 13.8 Å². The minimum atomic E-state index is -0.0676. The van der Waals surface area contributed by atoms with Crippen LogP contribution >= 0.6 is 0 Å². The molecule has 0 unspecified atom stereocenters. The highest BCUT2D eigenvalue weighted by Crippen LogP contribution is 2.55. The molecular weight excluding hydrogens is 739 g/mol. The Bertz CT molecular complexity index is 2850. The fraction of sp³-hybridized carbons (Fsp3) is 0.439. The molecule has 0 N–H and O–H groups in total. The van der Waals surface area contributed by atoms with Gasteiger partial charge in [0.15, 0.2) is 0 Å². The lowest BCUT2D eigenvalue weighted by Gasteiger charge is -2.48. The van der Waals surface area contributed by atoms with Gasteiger partial charge in [0.05, 0.1) is 17.0 Å². The maximum Gasteiger partial charge on any atom is 0.297 e. The van der Waals surface area contributed by atoms with Crippen molar-refractivity contribution in [3.63, 3.8) is 0 Å². The Morgan fingerprint density at radius 1 is 0.574 bits per heavy atom. The van der Waals surface area contributed by atoms with Crippen LogP contribution in [0.3, 0.4) is 0 Å². The van der Waals surface area contributed by atoms with Crippen molar-refractivity contribution in [2.24, 2.45) is 0 Å². The Hall–Kier alpha value is -4.70. The lowest BCUT2D eigenvalue weighted by atomic mass is 9.35. The molecule has 4 heteroatoms. The number of fused-ring (bicyclic) bond motifs is 9. The molecule has 0 saturated carbocycles. The van der Waals surface area contributed by atoms with E-state index >= 15 is 0 Å². The van der Waals surface area contributed by atoms with Crippen molar-refractivity contribution in [3.8, 4) is 0 Å². The van der Waals surface area contributed by atoms with E-state index in [0.29, 0.717) is 5.92 Å². The zero-order chi connectivity index (χ0) is 42.9. The molecule has 0 saturated heterocycles. The molecule has 5 aromatic carbocycles. The average molecular weight is 805 g/mol. The first-order chi connectivity index (χ1) is 28.7. The van der Waals surface area contributed by atoms with Gasteiger partial charge in [0.1, 0.15) is 5.58 Å². The molecule has 3 aliphatic carbocycles. The van der Waals surface area contributed by atoms with Crippen LogP contribution in [0.1, 0.15) is 165 Å². The van der Waals surface area contributed by atoms with Gasteiger partial charge in [-0.25, -0.2) is 0 Å². The Labute approximate surface area is 366 Å². The molecule has 0 bridgehead atoms. The standard InChI is InChI=1S/C57H65BN2O/c1-33-22-23-53(4,5)39-29-38-47(30-37(33)39)61-52-51(38)59(36-18-15-14-16-19-36)44-20-17-21-45-49(44)58(52)43-31-40-41(55(8,9)25-24-54(40,6)7)32-46(43)60(45)50-34(2)28-42-48(35(50)3)57(12,13)27-26-56(42,10)11/h14-21,28-33H,22-27H2,1-13H3/t33-/m0/s1. The largest absolute Gasteiger partial charge is 0.468 e. The monoisotopic (exact) mass is 805 g/mol. The van der Waals surface area contributed by atoms with Crippen molar-refractivity contribution >= 4 is 68.4 Å². The highest BCUT2D eigenvalue weighted by atomic mass is 16.3. The second-order valence-electron chi connectivity index (χ2n) is 23.3. The molecule has 6 aromatic rings. The van der Waals surface area contributed by atoms with Crippen LogP contribution in [0.2, 0.25) is 0 Å². The van der Waals surface area contributed by atoms with Crippen LogP contribution in [-0.4, -0.2) is 6.71 Å². The van der Waals surface area contributed by atoms with Gasteiger partial charge in [-0.3, -0.25) is 0 Å². The summed E-state index contributed by atoms with van der Waals surface area (Å²) in [7, 11) is 0. The maximum absolute atomic E-state index is 7.52. The molecule has 5 aliphatic rings. The fourth-order valence-corrected chi connectivity index (χ4v) is 13.1. The maximum atomic E-state index is 7.52. The molecule has 3 nitrogen and oxygen atoms in total. The minimum absolute atomic E-state index is 0.0555. The molecule has 0 fully saturated rings. The molecule has 3 heterocycles. The number of rotatable bonds is 2. The molecule has 61 heavy (non-hydrogen) atoms. The summed E-state index contributed by atoms with van der Waals surface area (Å²) in [6.45, 7) is 31.9. The molecule has 11 rings (SSSR count). The highest BCUT2D eigenvalue weighted by molar-refractivity contribution is 7.00. The van der Waals surface area contributed by atoms with E-state index in [2.05, 4.69) is 179 Å². The number of hydrogen-bond acceptors (Lipinski definition) is 3. The first-order valence-electron chi connectivity index (χ1n) is 23.4. The predicted molar refractivity (Wildman–Crippen MR) is 261 cm³/mol. The van der Waals surface area contributed by atoms with Gasteiger partial charge in [0.2, 0.25) is 0 Å². The van der Waals surface area contributed by atoms with E-state index in [-0.39, 0.29) is 33.8 Å². The lowest BCUT2D eigenvalue weighted by Crippen LogP contribution is -2.61. The van der Waals surface area contributed by atoms with E-state index in [9.17, 15) is 0 Å². The Morgan fingerprint density at radius 2 is 1.18 bits per heavy atom. The van der Waals surface area contributed by atoms with Crippen LogP contribution in [0.4, 0.5) is 34.1 Å². The van der Waals surface area contributed by atoms with Gasteiger partial charge in [0, 0.05) is 28.1 Å². The van der Waals surface area contributed by atoms with Gasteiger partial charge in [-0.05, 0) is 183 Å². The number of benzene rings is 5. The third-order valence-corrected chi connectivity index (χ3v) is 16.9. The summed E-state index contributed by atoms with van der Waals surface area (Å²) in [5, 5.41) is 1.23. The molecule has 1 aromatic heterocycles. The second kappa shape index (κ2) is 12.5. The molecule has 2 aliphatic heterocycles. The van der Waals surface area contributed by atoms with Crippen molar-refractivity contribution in [2.45, 2.75) is 162 Å². The van der Waals surface area contributed by atoms with Gasteiger partial charge in [-0.1, -0.05) is 113 Å². The van der Waals surface area contributed by atoms with E-state index in [1.165, 1.54) is 128 Å².